The zero-order chi connectivity index (χ0) is 10.7. The lowest BCUT2D eigenvalue weighted by atomic mass is 10.3. The average Bonchev–Trinajstić information content (AvgIpc) is 2.22. The molecular formula is C12H7F2O. The molecule has 1 nitrogen and oxygen atoms in total. The SMILES string of the molecule is Fc1[c]cc(Oc2cccc(F)c2)cc1. The van der Waals surface area contributed by atoms with Crippen LogP contribution in [0.5, 0.6) is 11.5 Å². The highest BCUT2D eigenvalue weighted by atomic mass is 19.1. The standard InChI is InChI=1S/C12H7F2O/c13-9-4-6-11(7-5-9)15-12-3-1-2-10(14)8-12/h1-4,6-8H. The number of ether oxygens (including phenoxy) is 1. The highest BCUT2D eigenvalue weighted by Crippen LogP contribution is 2.21. The normalized spacial score (nSPS) is 10.0. The van der Waals surface area contributed by atoms with Gasteiger partial charge in [-0.1, -0.05) is 6.07 Å². The molecule has 0 spiro atoms. The number of hydrogen-bond acceptors (Lipinski definition) is 1. The van der Waals surface area contributed by atoms with Gasteiger partial charge in [0.05, 0.1) is 0 Å². The Balaban J connectivity index is 2.18. The molecule has 0 atom stereocenters. The van der Waals surface area contributed by atoms with Crippen LogP contribution in [0.3, 0.4) is 0 Å². The molecule has 2 rings (SSSR count). The van der Waals surface area contributed by atoms with Crippen LogP contribution in [-0.2, 0) is 0 Å². The second-order valence-electron chi connectivity index (χ2n) is 2.93. The molecule has 0 fully saturated rings. The Morgan fingerprint density at radius 1 is 1.00 bits per heavy atom. The van der Waals surface area contributed by atoms with Crippen LogP contribution in [-0.4, -0.2) is 0 Å². The van der Waals surface area contributed by atoms with E-state index in [9.17, 15) is 8.78 Å². The average molecular weight is 205 g/mol. The Bertz CT molecular complexity index is 451. The molecule has 1 radical (unpaired) electrons. The smallest absolute Gasteiger partial charge is 0.131 e. The lowest BCUT2D eigenvalue weighted by molar-refractivity contribution is 0.474. The van der Waals surface area contributed by atoms with E-state index in [2.05, 4.69) is 6.07 Å². The first kappa shape index (κ1) is 9.65. The van der Waals surface area contributed by atoms with Gasteiger partial charge in [0.2, 0.25) is 0 Å². The van der Waals surface area contributed by atoms with Crippen molar-refractivity contribution in [3.8, 4) is 11.5 Å². The fraction of sp³-hybridized carbons (Fsp3) is 0. The quantitative estimate of drug-likeness (QED) is 0.728. The van der Waals surface area contributed by atoms with Crippen LogP contribution in [0.4, 0.5) is 8.78 Å². The molecular weight excluding hydrogens is 198 g/mol. The van der Waals surface area contributed by atoms with Gasteiger partial charge in [0, 0.05) is 12.1 Å². The summed E-state index contributed by atoms with van der Waals surface area (Å²) < 4.78 is 30.6. The van der Waals surface area contributed by atoms with Gasteiger partial charge in [-0.25, -0.2) is 8.78 Å². The number of rotatable bonds is 2. The van der Waals surface area contributed by atoms with Crippen molar-refractivity contribution in [1.29, 1.82) is 0 Å². The summed E-state index contributed by atoms with van der Waals surface area (Å²) >= 11 is 0. The van der Waals surface area contributed by atoms with Crippen molar-refractivity contribution >= 4 is 0 Å². The van der Waals surface area contributed by atoms with Crippen LogP contribution in [0.25, 0.3) is 0 Å². The second-order valence-corrected chi connectivity index (χ2v) is 2.93. The van der Waals surface area contributed by atoms with E-state index in [-0.39, 0.29) is 5.82 Å². The van der Waals surface area contributed by atoms with E-state index in [0.29, 0.717) is 11.5 Å². The molecule has 2 aromatic rings. The van der Waals surface area contributed by atoms with Crippen molar-refractivity contribution in [1.82, 2.24) is 0 Å². The molecule has 0 bridgehead atoms. The molecule has 0 saturated heterocycles. The van der Waals surface area contributed by atoms with Gasteiger partial charge in [0.15, 0.2) is 0 Å². The summed E-state index contributed by atoms with van der Waals surface area (Å²) in [6, 6.07) is 12.1. The maximum absolute atomic E-state index is 12.8. The molecule has 0 aliphatic rings. The van der Waals surface area contributed by atoms with Gasteiger partial charge < -0.3 is 4.74 Å². The first-order valence-corrected chi connectivity index (χ1v) is 4.35. The van der Waals surface area contributed by atoms with E-state index in [1.165, 1.54) is 36.4 Å². The largest absolute Gasteiger partial charge is 0.457 e. The molecule has 75 valence electrons. The van der Waals surface area contributed by atoms with Crippen LogP contribution in [0.1, 0.15) is 0 Å². The molecule has 2 aromatic carbocycles. The van der Waals surface area contributed by atoms with Crippen LogP contribution in [0.15, 0.2) is 42.5 Å². The lowest BCUT2D eigenvalue weighted by Gasteiger charge is -2.04. The van der Waals surface area contributed by atoms with Gasteiger partial charge in [0.25, 0.3) is 0 Å². The van der Waals surface area contributed by atoms with Crippen LogP contribution < -0.4 is 4.74 Å². The van der Waals surface area contributed by atoms with Crippen molar-refractivity contribution in [3.63, 3.8) is 0 Å². The predicted octanol–water partition coefficient (Wildman–Crippen LogP) is 3.56. The summed E-state index contributed by atoms with van der Waals surface area (Å²) in [7, 11) is 0. The molecule has 0 aliphatic heterocycles. The van der Waals surface area contributed by atoms with E-state index in [1.54, 1.807) is 6.07 Å². The third-order valence-corrected chi connectivity index (χ3v) is 1.78. The van der Waals surface area contributed by atoms with E-state index in [1.807, 2.05) is 0 Å². The number of halogens is 2. The molecule has 0 N–H and O–H groups in total. The fourth-order valence-electron chi connectivity index (χ4n) is 1.12. The summed E-state index contributed by atoms with van der Waals surface area (Å²) in [5.74, 6) is -0.0443. The minimum atomic E-state index is -0.457. The van der Waals surface area contributed by atoms with Gasteiger partial charge in [-0.3, -0.25) is 0 Å². The van der Waals surface area contributed by atoms with Gasteiger partial charge in [-0.15, -0.1) is 0 Å². The molecule has 0 aromatic heterocycles. The summed E-state index contributed by atoms with van der Waals surface area (Å²) in [6.45, 7) is 0. The Labute approximate surface area is 85.9 Å². The summed E-state index contributed by atoms with van der Waals surface area (Å²) in [5.41, 5.74) is 0. The minimum Gasteiger partial charge on any atom is -0.457 e. The van der Waals surface area contributed by atoms with E-state index < -0.39 is 5.82 Å². The van der Waals surface area contributed by atoms with Gasteiger partial charge >= 0.3 is 0 Å². The Kier molecular flexibility index (Phi) is 2.63. The predicted molar refractivity (Wildman–Crippen MR) is 51.7 cm³/mol. The molecule has 0 unspecified atom stereocenters. The maximum Gasteiger partial charge on any atom is 0.131 e. The summed E-state index contributed by atoms with van der Waals surface area (Å²) in [4.78, 5) is 0. The minimum absolute atomic E-state index is 0.370. The summed E-state index contributed by atoms with van der Waals surface area (Å²) in [5, 5.41) is 0. The molecule has 0 amide bonds. The van der Waals surface area contributed by atoms with E-state index >= 15 is 0 Å². The topological polar surface area (TPSA) is 9.23 Å². The molecule has 15 heavy (non-hydrogen) atoms. The van der Waals surface area contributed by atoms with Gasteiger partial charge in [-0.05, 0) is 30.3 Å². The van der Waals surface area contributed by atoms with Crippen LogP contribution in [0, 0.1) is 17.7 Å². The van der Waals surface area contributed by atoms with Crippen LogP contribution >= 0.6 is 0 Å². The second kappa shape index (κ2) is 4.09. The van der Waals surface area contributed by atoms with Crippen molar-refractivity contribution in [3.05, 3.63) is 60.2 Å². The molecule has 0 heterocycles. The van der Waals surface area contributed by atoms with Crippen LogP contribution in [0.2, 0.25) is 0 Å². The third-order valence-electron chi connectivity index (χ3n) is 1.78. The maximum atomic E-state index is 12.8. The highest BCUT2D eigenvalue weighted by molar-refractivity contribution is 5.30. The zero-order valence-corrected chi connectivity index (χ0v) is 7.71. The van der Waals surface area contributed by atoms with Crippen molar-refractivity contribution in [2.45, 2.75) is 0 Å². The molecule has 0 aliphatic carbocycles. The third kappa shape index (κ3) is 2.53. The number of hydrogen-bond donors (Lipinski definition) is 0. The van der Waals surface area contributed by atoms with Gasteiger partial charge in [-0.2, -0.15) is 0 Å². The highest BCUT2D eigenvalue weighted by Gasteiger charge is 1.98. The van der Waals surface area contributed by atoms with Crippen molar-refractivity contribution < 1.29 is 13.5 Å². The lowest BCUT2D eigenvalue weighted by Crippen LogP contribution is -1.85. The number of benzene rings is 2. The zero-order valence-electron chi connectivity index (χ0n) is 7.71. The monoisotopic (exact) mass is 205 g/mol. The molecule has 3 heteroatoms. The van der Waals surface area contributed by atoms with Crippen molar-refractivity contribution in [2.24, 2.45) is 0 Å². The summed E-state index contributed by atoms with van der Waals surface area (Å²) in [6.07, 6.45) is 0. The Morgan fingerprint density at radius 2 is 1.87 bits per heavy atom. The Hall–Kier alpha value is -1.90. The molecule has 0 saturated carbocycles. The van der Waals surface area contributed by atoms with E-state index in [4.69, 9.17) is 4.74 Å². The Morgan fingerprint density at radius 3 is 2.53 bits per heavy atom. The van der Waals surface area contributed by atoms with E-state index in [0.717, 1.165) is 0 Å². The fourth-order valence-corrected chi connectivity index (χ4v) is 1.12. The van der Waals surface area contributed by atoms with Gasteiger partial charge in [0.1, 0.15) is 23.1 Å². The van der Waals surface area contributed by atoms with Crippen molar-refractivity contribution in [2.75, 3.05) is 0 Å². The first-order valence-electron chi connectivity index (χ1n) is 4.35. The first-order chi connectivity index (χ1) is 7.24.